The van der Waals surface area contributed by atoms with Crippen molar-refractivity contribution >= 4 is 5.91 Å². The summed E-state index contributed by atoms with van der Waals surface area (Å²) in [5.41, 5.74) is 0.692. The van der Waals surface area contributed by atoms with Gasteiger partial charge in [0.1, 0.15) is 5.75 Å². The zero-order valence-corrected chi connectivity index (χ0v) is 11.4. The zero-order valence-electron chi connectivity index (χ0n) is 11.4. The number of benzene rings is 1. The van der Waals surface area contributed by atoms with Crippen molar-refractivity contribution in [2.75, 3.05) is 13.7 Å². The number of hydrogen-bond donors (Lipinski definition) is 1. The lowest BCUT2D eigenvalue weighted by Gasteiger charge is -2.22. The van der Waals surface area contributed by atoms with Crippen molar-refractivity contribution in [1.82, 2.24) is 4.90 Å². The van der Waals surface area contributed by atoms with E-state index < -0.39 is 6.10 Å². The van der Waals surface area contributed by atoms with Crippen molar-refractivity contribution in [3.8, 4) is 5.75 Å². The van der Waals surface area contributed by atoms with Gasteiger partial charge in [0, 0.05) is 18.7 Å². The summed E-state index contributed by atoms with van der Waals surface area (Å²) in [6.07, 6.45) is -0.612. The maximum Gasteiger partial charge on any atom is 0.260 e. The Morgan fingerprint density at radius 1 is 1.33 bits per heavy atom. The van der Waals surface area contributed by atoms with Crippen LogP contribution in [0, 0.1) is 0 Å². The van der Waals surface area contributed by atoms with Crippen molar-refractivity contribution in [3.05, 3.63) is 29.8 Å². The molecule has 0 unspecified atom stereocenters. The number of ether oxygens (including phenoxy) is 1. The van der Waals surface area contributed by atoms with Crippen molar-refractivity contribution in [3.63, 3.8) is 0 Å². The molecular formula is C14H21NO3. The summed E-state index contributed by atoms with van der Waals surface area (Å²) in [4.78, 5) is 13.4. The molecule has 100 valence electrons. The van der Waals surface area contributed by atoms with Crippen LogP contribution in [0.5, 0.6) is 5.75 Å². The number of amides is 1. The lowest BCUT2D eigenvalue weighted by Crippen LogP contribution is -2.36. The number of carbonyl (C=O) groups excluding carboxylic acids is 1. The van der Waals surface area contributed by atoms with E-state index >= 15 is 0 Å². The van der Waals surface area contributed by atoms with Gasteiger partial charge < -0.3 is 14.7 Å². The average Bonchev–Trinajstić information content (AvgIpc) is 2.35. The number of hydrogen-bond acceptors (Lipinski definition) is 3. The van der Waals surface area contributed by atoms with Gasteiger partial charge in [-0.3, -0.25) is 4.79 Å². The summed E-state index contributed by atoms with van der Waals surface area (Å²) in [5.74, 6) is 0.475. The molecule has 18 heavy (non-hydrogen) atoms. The van der Waals surface area contributed by atoms with Gasteiger partial charge in [0.05, 0.1) is 6.10 Å². The molecule has 1 aromatic carbocycles. The number of carbonyl (C=O) groups is 1. The lowest BCUT2D eigenvalue weighted by molar-refractivity contribution is -0.133. The summed E-state index contributed by atoms with van der Waals surface area (Å²) >= 11 is 0. The largest absolute Gasteiger partial charge is 0.483 e. The molecule has 0 aliphatic carbocycles. The van der Waals surface area contributed by atoms with Crippen molar-refractivity contribution in [2.24, 2.45) is 0 Å². The van der Waals surface area contributed by atoms with Gasteiger partial charge in [-0.15, -0.1) is 0 Å². The highest BCUT2D eigenvalue weighted by Crippen LogP contribution is 2.24. The minimum Gasteiger partial charge on any atom is -0.483 e. The van der Waals surface area contributed by atoms with Crippen LogP contribution in [0.2, 0.25) is 0 Å². The molecule has 0 heterocycles. The third-order valence-corrected chi connectivity index (χ3v) is 2.89. The van der Waals surface area contributed by atoms with Gasteiger partial charge in [-0.05, 0) is 26.8 Å². The Morgan fingerprint density at radius 2 is 1.94 bits per heavy atom. The van der Waals surface area contributed by atoms with E-state index in [4.69, 9.17) is 4.74 Å². The maximum absolute atomic E-state index is 11.8. The SMILES string of the molecule is CC(C)N(C)C(=O)COc1ccccc1[C@@H](C)O. The molecular weight excluding hydrogens is 230 g/mol. The molecule has 0 spiro atoms. The van der Waals surface area contributed by atoms with Gasteiger partial charge in [-0.2, -0.15) is 0 Å². The number of rotatable bonds is 5. The number of aliphatic hydroxyl groups excluding tert-OH is 1. The average molecular weight is 251 g/mol. The summed E-state index contributed by atoms with van der Waals surface area (Å²) < 4.78 is 5.48. The maximum atomic E-state index is 11.8. The summed E-state index contributed by atoms with van der Waals surface area (Å²) in [6, 6.07) is 7.34. The Hall–Kier alpha value is -1.55. The van der Waals surface area contributed by atoms with E-state index in [2.05, 4.69) is 0 Å². The van der Waals surface area contributed by atoms with Gasteiger partial charge in [-0.25, -0.2) is 0 Å². The van der Waals surface area contributed by atoms with Crippen molar-refractivity contribution in [2.45, 2.75) is 32.9 Å². The van der Waals surface area contributed by atoms with E-state index in [1.54, 1.807) is 31.0 Å². The molecule has 1 aromatic rings. The predicted octanol–water partition coefficient (Wildman–Crippen LogP) is 1.99. The molecule has 1 amide bonds. The second kappa shape index (κ2) is 6.40. The quantitative estimate of drug-likeness (QED) is 0.870. The highest BCUT2D eigenvalue weighted by molar-refractivity contribution is 5.77. The molecule has 0 radical (unpaired) electrons. The van der Waals surface area contributed by atoms with Gasteiger partial charge in [-0.1, -0.05) is 18.2 Å². The van der Waals surface area contributed by atoms with Crippen LogP contribution >= 0.6 is 0 Å². The number of nitrogens with zero attached hydrogens (tertiary/aromatic N) is 1. The zero-order chi connectivity index (χ0) is 13.7. The number of para-hydroxylation sites is 1. The minimum absolute atomic E-state index is 0.0155. The summed E-state index contributed by atoms with van der Waals surface area (Å²) in [5, 5.41) is 9.59. The Kier molecular flexibility index (Phi) is 5.16. The van der Waals surface area contributed by atoms with E-state index in [0.717, 1.165) is 0 Å². The molecule has 0 bridgehead atoms. The lowest BCUT2D eigenvalue weighted by atomic mass is 10.1. The molecule has 0 aromatic heterocycles. The molecule has 0 aliphatic rings. The van der Waals surface area contributed by atoms with Gasteiger partial charge in [0.2, 0.25) is 0 Å². The first-order valence-electron chi connectivity index (χ1n) is 6.09. The molecule has 4 heteroatoms. The predicted molar refractivity (Wildman–Crippen MR) is 70.5 cm³/mol. The molecule has 1 N–H and O–H groups in total. The van der Waals surface area contributed by atoms with Crippen LogP contribution in [0.3, 0.4) is 0 Å². The molecule has 1 atom stereocenters. The van der Waals surface area contributed by atoms with E-state index in [0.29, 0.717) is 11.3 Å². The fraction of sp³-hybridized carbons (Fsp3) is 0.500. The third-order valence-electron chi connectivity index (χ3n) is 2.89. The van der Waals surface area contributed by atoms with E-state index in [9.17, 15) is 9.90 Å². The van der Waals surface area contributed by atoms with Crippen LogP contribution in [-0.2, 0) is 4.79 Å². The third kappa shape index (κ3) is 3.74. The van der Waals surface area contributed by atoms with Crippen molar-refractivity contribution in [1.29, 1.82) is 0 Å². The van der Waals surface area contributed by atoms with Crippen LogP contribution in [-0.4, -0.2) is 35.6 Å². The standard InChI is InChI=1S/C14H21NO3/c1-10(2)15(4)14(17)9-18-13-8-6-5-7-12(13)11(3)16/h5-8,10-11,16H,9H2,1-4H3/t11-/m1/s1. The molecule has 0 saturated carbocycles. The molecule has 1 rings (SSSR count). The van der Waals surface area contributed by atoms with E-state index in [1.807, 2.05) is 26.0 Å². The highest BCUT2D eigenvalue weighted by atomic mass is 16.5. The smallest absolute Gasteiger partial charge is 0.260 e. The first-order valence-corrected chi connectivity index (χ1v) is 6.09. The first kappa shape index (κ1) is 14.5. The summed E-state index contributed by atoms with van der Waals surface area (Å²) in [7, 11) is 1.75. The van der Waals surface area contributed by atoms with Crippen molar-refractivity contribution < 1.29 is 14.6 Å². The fourth-order valence-corrected chi connectivity index (χ4v) is 1.49. The van der Waals surface area contributed by atoms with Gasteiger partial charge >= 0.3 is 0 Å². The summed E-state index contributed by atoms with van der Waals surface area (Å²) in [6.45, 7) is 5.55. The first-order chi connectivity index (χ1) is 8.43. The minimum atomic E-state index is -0.612. The van der Waals surface area contributed by atoms with Crippen LogP contribution < -0.4 is 4.74 Å². The molecule has 4 nitrogen and oxygen atoms in total. The number of likely N-dealkylation sites (N-methyl/N-ethyl adjacent to an activating group) is 1. The second-order valence-electron chi connectivity index (χ2n) is 4.60. The van der Waals surface area contributed by atoms with Crippen LogP contribution in [0.1, 0.15) is 32.4 Å². The van der Waals surface area contributed by atoms with Gasteiger partial charge in [0.15, 0.2) is 6.61 Å². The molecule has 0 aliphatic heterocycles. The van der Waals surface area contributed by atoms with E-state index in [1.165, 1.54) is 0 Å². The Balaban J connectivity index is 2.67. The van der Waals surface area contributed by atoms with Crippen LogP contribution in [0.25, 0.3) is 0 Å². The van der Waals surface area contributed by atoms with Crippen LogP contribution in [0.15, 0.2) is 24.3 Å². The molecule has 0 fully saturated rings. The number of aliphatic hydroxyl groups is 1. The Morgan fingerprint density at radius 3 is 2.50 bits per heavy atom. The monoisotopic (exact) mass is 251 g/mol. The second-order valence-corrected chi connectivity index (χ2v) is 4.60. The van der Waals surface area contributed by atoms with Crippen LogP contribution in [0.4, 0.5) is 0 Å². The van der Waals surface area contributed by atoms with E-state index in [-0.39, 0.29) is 18.6 Å². The Labute approximate surface area is 108 Å². The highest BCUT2D eigenvalue weighted by Gasteiger charge is 2.14. The topological polar surface area (TPSA) is 49.8 Å². The Bertz CT molecular complexity index is 402. The van der Waals surface area contributed by atoms with Gasteiger partial charge in [0.25, 0.3) is 5.91 Å². The molecule has 0 saturated heterocycles. The fourth-order valence-electron chi connectivity index (χ4n) is 1.49. The normalized spacial score (nSPS) is 12.3.